The maximum absolute atomic E-state index is 13.0. The van der Waals surface area contributed by atoms with Crippen LogP contribution in [0.25, 0.3) is 0 Å². The van der Waals surface area contributed by atoms with Crippen molar-refractivity contribution in [2.24, 2.45) is 5.73 Å². The minimum Gasteiger partial charge on any atom is -0.324 e. The highest BCUT2D eigenvalue weighted by molar-refractivity contribution is 6.31. The highest BCUT2D eigenvalue weighted by Crippen LogP contribution is 2.25. The number of hydrogen-bond acceptors (Lipinski definition) is 1. The minimum absolute atomic E-state index is 0.284. The van der Waals surface area contributed by atoms with Gasteiger partial charge >= 0.3 is 0 Å². The number of hydrogen-bond donors (Lipinski definition) is 1. The van der Waals surface area contributed by atoms with Crippen molar-refractivity contribution in [3.8, 4) is 0 Å². The molecule has 0 bridgehead atoms. The van der Waals surface area contributed by atoms with Crippen LogP contribution in [0.15, 0.2) is 36.4 Å². The van der Waals surface area contributed by atoms with Crippen LogP contribution in [-0.2, 0) is 6.42 Å². The molecule has 100 valence electrons. The lowest BCUT2D eigenvalue weighted by atomic mass is 9.96. The second-order valence-corrected chi connectivity index (χ2v) is 4.95. The molecule has 0 fully saturated rings. The molecule has 0 radical (unpaired) electrons. The molecule has 1 unspecified atom stereocenters. The highest BCUT2D eigenvalue weighted by Gasteiger charge is 2.12. The van der Waals surface area contributed by atoms with Crippen LogP contribution in [0.4, 0.5) is 8.78 Å². The summed E-state index contributed by atoms with van der Waals surface area (Å²) in [6.45, 7) is 1.81. The number of rotatable bonds is 3. The van der Waals surface area contributed by atoms with E-state index in [1.54, 1.807) is 12.1 Å². The predicted molar refractivity (Wildman–Crippen MR) is 73.2 cm³/mol. The largest absolute Gasteiger partial charge is 0.324 e. The fourth-order valence-electron chi connectivity index (χ4n) is 2.09. The van der Waals surface area contributed by atoms with E-state index < -0.39 is 0 Å². The van der Waals surface area contributed by atoms with Crippen LogP contribution in [0.5, 0.6) is 0 Å². The normalized spacial score (nSPS) is 12.5. The van der Waals surface area contributed by atoms with Gasteiger partial charge in [-0.3, -0.25) is 0 Å². The van der Waals surface area contributed by atoms with E-state index in [4.69, 9.17) is 17.3 Å². The highest BCUT2D eigenvalue weighted by atomic mass is 35.5. The first kappa shape index (κ1) is 14.0. The lowest BCUT2D eigenvalue weighted by molar-refractivity contribution is 0.620. The van der Waals surface area contributed by atoms with Crippen molar-refractivity contribution in [2.75, 3.05) is 0 Å². The number of aryl methyl sites for hydroxylation is 1. The lowest BCUT2D eigenvalue weighted by Crippen LogP contribution is -2.15. The van der Waals surface area contributed by atoms with E-state index in [0.717, 1.165) is 16.7 Å². The Morgan fingerprint density at radius 1 is 1.11 bits per heavy atom. The fourth-order valence-corrected chi connectivity index (χ4v) is 2.33. The summed E-state index contributed by atoms with van der Waals surface area (Å²) in [4.78, 5) is 0. The predicted octanol–water partition coefficient (Wildman–Crippen LogP) is 4.17. The van der Waals surface area contributed by atoms with Gasteiger partial charge in [-0.05, 0) is 54.3 Å². The van der Waals surface area contributed by atoms with Gasteiger partial charge in [-0.25, -0.2) is 8.78 Å². The van der Waals surface area contributed by atoms with E-state index in [-0.39, 0.29) is 17.7 Å². The molecule has 2 aromatic carbocycles. The van der Waals surface area contributed by atoms with E-state index >= 15 is 0 Å². The van der Waals surface area contributed by atoms with Crippen molar-refractivity contribution in [1.29, 1.82) is 0 Å². The van der Waals surface area contributed by atoms with E-state index in [2.05, 4.69) is 0 Å². The van der Waals surface area contributed by atoms with Gasteiger partial charge in [-0.2, -0.15) is 0 Å². The first-order valence-corrected chi connectivity index (χ1v) is 6.30. The zero-order valence-electron chi connectivity index (χ0n) is 10.5. The van der Waals surface area contributed by atoms with Crippen molar-refractivity contribution in [1.82, 2.24) is 0 Å². The van der Waals surface area contributed by atoms with Crippen LogP contribution in [0, 0.1) is 18.6 Å². The van der Waals surface area contributed by atoms with E-state index in [1.807, 2.05) is 6.92 Å². The Morgan fingerprint density at radius 2 is 1.74 bits per heavy atom. The molecule has 0 aliphatic carbocycles. The molecule has 0 aliphatic rings. The van der Waals surface area contributed by atoms with Crippen molar-refractivity contribution >= 4 is 11.6 Å². The molecule has 0 aliphatic heterocycles. The van der Waals surface area contributed by atoms with Crippen LogP contribution in [-0.4, -0.2) is 0 Å². The van der Waals surface area contributed by atoms with Crippen molar-refractivity contribution in [2.45, 2.75) is 19.4 Å². The topological polar surface area (TPSA) is 26.0 Å². The summed E-state index contributed by atoms with van der Waals surface area (Å²) in [6, 6.07) is 8.44. The van der Waals surface area contributed by atoms with Crippen molar-refractivity contribution in [3.63, 3.8) is 0 Å². The van der Waals surface area contributed by atoms with Gasteiger partial charge in [0.1, 0.15) is 11.6 Å². The Balaban J connectivity index is 2.23. The maximum atomic E-state index is 13.0. The SMILES string of the molecule is Cc1cc(F)ccc1C(N)Cc1ccc(F)cc1Cl. The Hall–Kier alpha value is -1.45. The summed E-state index contributed by atoms with van der Waals surface area (Å²) in [7, 11) is 0. The monoisotopic (exact) mass is 281 g/mol. The maximum Gasteiger partial charge on any atom is 0.124 e. The Labute approximate surface area is 116 Å². The zero-order valence-corrected chi connectivity index (χ0v) is 11.2. The Bertz CT molecular complexity index is 599. The molecule has 1 nitrogen and oxygen atoms in total. The zero-order chi connectivity index (χ0) is 14.0. The molecule has 2 N–H and O–H groups in total. The van der Waals surface area contributed by atoms with E-state index in [0.29, 0.717) is 11.4 Å². The molecule has 0 amide bonds. The van der Waals surface area contributed by atoms with Gasteiger partial charge in [0.25, 0.3) is 0 Å². The van der Waals surface area contributed by atoms with Crippen LogP contribution in [0.2, 0.25) is 5.02 Å². The molecule has 0 saturated carbocycles. The second kappa shape index (κ2) is 5.68. The molecule has 1 atom stereocenters. The molecule has 0 heterocycles. The molecule has 2 rings (SSSR count). The molecule has 19 heavy (non-hydrogen) atoms. The van der Waals surface area contributed by atoms with Crippen LogP contribution >= 0.6 is 11.6 Å². The molecule has 0 saturated heterocycles. The van der Waals surface area contributed by atoms with E-state index in [9.17, 15) is 8.78 Å². The van der Waals surface area contributed by atoms with Gasteiger partial charge in [0.15, 0.2) is 0 Å². The van der Waals surface area contributed by atoms with Gasteiger partial charge in [-0.15, -0.1) is 0 Å². The first-order valence-electron chi connectivity index (χ1n) is 5.93. The van der Waals surface area contributed by atoms with Crippen LogP contribution in [0.3, 0.4) is 0 Å². The summed E-state index contributed by atoms with van der Waals surface area (Å²) >= 11 is 5.97. The molecule has 0 spiro atoms. The molecular weight excluding hydrogens is 268 g/mol. The van der Waals surface area contributed by atoms with Gasteiger partial charge < -0.3 is 5.73 Å². The molecule has 0 aromatic heterocycles. The van der Waals surface area contributed by atoms with Crippen LogP contribution < -0.4 is 5.73 Å². The van der Waals surface area contributed by atoms with Crippen LogP contribution in [0.1, 0.15) is 22.7 Å². The van der Waals surface area contributed by atoms with E-state index in [1.165, 1.54) is 24.3 Å². The Morgan fingerprint density at radius 3 is 2.37 bits per heavy atom. The standard InChI is InChI=1S/C15H14ClF2N/c1-9-6-11(17)4-5-13(9)15(19)7-10-2-3-12(18)8-14(10)16/h2-6,8,15H,7,19H2,1H3. The van der Waals surface area contributed by atoms with Crippen molar-refractivity contribution in [3.05, 3.63) is 69.7 Å². The summed E-state index contributed by atoms with van der Waals surface area (Å²) < 4.78 is 26.0. The average Bonchev–Trinajstić information content (AvgIpc) is 2.32. The summed E-state index contributed by atoms with van der Waals surface area (Å²) in [5.41, 5.74) is 8.55. The van der Waals surface area contributed by atoms with Crippen molar-refractivity contribution < 1.29 is 8.78 Å². The second-order valence-electron chi connectivity index (χ2n) is 4.55. The van der Waals surface area contributed by atoms with Gasteiger partial charge in [0.2, 0.25) is 0 Å². The summed E-state index contributed by atoms with van der Waals surface area (Å²) in [5.74, 6) is -0.659. The lowest BCUT2D eigenvalue weighted by Gasteiger charge is -2.15. The molecule has 2 aromatic rings. The van der Waals surface area contributed by atoms with Gasteiger partial charge in [0, 0.05) is 11.1 Å². The number of halogens is 3. The Kier molecular flexibility index (Phi) is 4.17. The van der Waals surface area contributed by atoms with Gasteiger partial charge in [-0.1, -0.05) is 23.7 Å². The first-order chi connectivity index (χ1) is 8.97. The van der Waals surface area contributed by atoms with Gasteiger partial charge in [0.05, 0.1) is 0 Å². The molecule has 4 heteroatoms. The quantitative estimate of drug-likeness (QED) is 0.898. The number of benzene rings is 2. The fraction of sp³-hybridized carbons (Fsp3) is 0.200. The number of nitrogens with two attached hydrogens (primary N) is 1. The third kappa shape index (κ3) is 3.31. The smallest absolute Gasteiger partial charge is 0.124 e. The molecular formula is C15H14ClF2N. The third-order valence-electron chi connectivity index (χ3n) is 3.09. The average molecular weight is 282 g/mol. The third-order valence-corrected chi connectivity index (χ3v) is 3.44. The minimum atomic E-state index is -0.375. The summed E-state index contributed by atoms with van der Waals surface area (Å²) in [5, 5.41) is 0.357. The summed E-state index contributed by atoms with van der Waals surface area (Å²) in [6.07, 6.45) is 0.478.